The minimum absolute atomic E-state index is 0.0361. The second kappa shape index (κ2) is 16.1. The minimum Gasteiger partial charge on any atom is -0.493 e. The van der Waals surface area contributed by atoms with E-state index in [2.05, 4.69) is 49.6 Å². The van der Waals surface area contributed by atoms with Gasteiger partial charge in [-0.3, -0.25) is 9.59 Å². The molecule has 0 atom stereocenters. The molecule has 0 aliphatic carbocycles. The van der Waals surface area contributed by atoms with Crippen LogP contribution >= 0.6 is 0 Å². The van der Waals surface area contributed by atoms with Crippen LogP contribution in [0, 0.1) is 13.8 Å². The molecular formula is C38H45N7O4. The van der Waals surface area contributed by atoms with Crippen molar-refractivity contribution in [3.8, 4) is 17.4 Å². The standard InChI is InChI=1S/C38H45N7O4/c1-7-44(8-2)34(46)19-13-28-12-18-32(48-6)33(24-28)49-37-31(36(47)41-35-26(3)10-9-11-27(35)4)25-39-38(42-37)40-29-14-16-30(17-15-29)45-22-20-43(5)21-23-45/h9-19,24-25H,7-8,20-23H2,1-6H3,(H,41,47)(H,39,40,42)/b19-13+. The van der Waals surface area contributed by atoms with Crippen LogP contribution in [-0.2, 0) is 4.79 Å². The smallest absolute Gasteiger partial charge is 0.262 e. The molecule has 1 fully saturated rings. The van der Waals surface area contributed by atoms with Crippen molar-refractivity contribution in [3.63, 3.8) is 0 Å². The van der Waals surface area contributed by atoms with E-state index in [1.807, 2.05) is 64.1 Å². The van der Waals surface area contributed by atoms with E-state index in [-0.39, 0.29) is 23.3 Å². The largest absolute Gasteiger partial charge is 0.493 e. The van der Waals surface area contributed by atoms with Crippen LogP contribution in [-0.4, -0.2) is 85.0 Å². The number of nitrogens with one attached hydrogen (secondary N) is 2. The average molecular weight is 664 g/mol. The molecule has 3 aromatic carbocycles. The number of rotatable bonds is 12. The van der Waals surface area contributed by atoms with Crippen LogP contribution in [0.1, 0.15) is 40.9 Å². The number of carbonyl (C=O) groups is 2. The van der Waals surface area contributed by atoms with Crippen LogP contribution in [0.5, 0.6) is 17.4 Å². The van der Waals surface area contributed by atoms with Crippen LogP contribution in [0.4, 0.5) is 23.0 Å². The van der Waals surface area contributed by atoms with Crippen LogP contribution in [0.25, 0.3) is 6.08 Å². The molecule has 1 aliphatic rings. The highest BCUT2D eigenvalue weighted by Crippen LogP contribution is 2.35. The zero-order chi connectivity index (χ0) is 34.9. The predicted octanol–water partition coefficient (Wildman–Crippen LogP) is 6.52. The maximum atomic E-state index is 13.7. The molecule has 2 amide bonds. The Morgan fingerprint density at radius 1 is 0.939 bits per heavy atom. The summed E-state index contributed by atoms with van der Waals surface area (Å²) in [6, 6.07) is 19.2. The maximum Gasteiger partial charge on any atom is 0.262 e. The molecule has 0 unspecified atom stereocenters. The number of aromatic nitrogens is 2. The van der Waals surface area contributed by atoms with Gasteiger partial charge in [0.05, 0.1) is 7.11 Å². The first kappa shape index (κ1) is 34.9. The lowest BCUT2D eigenvalue weighted by molar-refractivity contribution is -0.125. The number of amides is 2. The van der Waals surface area contributed by atoms with Gasteiger partial charge >= 0.3 is 0 Å². The molecule has 11 heteroatoms. The first-order valence-electron chi connectivity index (χ1n) is 16.6. The van der Waals surface area contributed by atoms with E-state index < -0.39 is 5.91 Å². The van der Waals surface area contributed by atoms with Gasteiger partial charge < -0.3 is 34.8 Å². The number of hydrogen-bond acceptors (Lipinski definition) is 9. The summed E-state index contributed by atoms with van der Waals surface area (Å²) in [5, 5.41) is 6.26. The van der Waals surface area contributed by atoms with Gasteiger partial charge in [0, 0.05) is 68.6 Å². The number of likely N-dealkylation sites (N-methyl/N-ethyl adjacent to an activating group) is 2. The lowest BCUT2D eigenvalue weighted by atomic mass is 10.1. The normalized spacial score (nSPS) is 13.3. The molecule has 256 valence electrons. The summed E-state index contributed by atoms with van der Waals surface area (Å²) < 4.78 is 12.0. The van der Waals surface area contributed by atoms with Crippen molar-refractivity contribution in [2.75, 3.05) is 69.0 Å². The number of benzene rings is 3. The molecule has 4 aromatic rings. The van der Waals surface area contributed by atoms with Crippen LogP contribution in [0.3, 0.4) is 0 Å². The van der Waals surface area contributed by atoms with Gasteiger partial charge in [0.25, 0.3) is 5.91 Å². The molecule has 1 aromatic heterocycles. The molecule has 49 heavy (non-hydrogen) atoms. The number of carbonyl (C=O) groups excluding carboxylic acids is 2. The van der Waals surface area contributed by atoms with Crippen molar-refractivity contribution in [1.29, 1.82) is 0 Å². The van der Waals surface area contributed by atoms with Crippen molar-refractivity contribution >= 4 is 40.9 Å². The number of para-hydroxylation sites is 1. The third-order valence-electron chi connectivity index (χ3n) is 8.60. The summed E-state index contributed by atoms with van der Waals surface area (Å²) in [7, 11) is 3.68. The molecule has 0 spiro atoms. The van der Waals surface area contributed by atoms with Crippen molar-refractivity contribution in [2.45, 2.75) is 27.7 Å². The van der Waals surface area contributed by atoms with Crippen molar-refractivity contribution in [3.05, 3.63) is 95.2 Å². The third-order valence-corrected chi connectivity index (χ3v) is 8.60. The van der Waals surface area contributed by atoms with Crippen LogP contribution < -0.4 is 25.0 Å². The van der Waals surface area contributed by atoms with Gasteiger partial charge in [-0.25, -0.2) is 4.98 Å². The fourth-order valence-electron chi connectivity index (χ4n) is 5.59. The average Bonchev–Trinajstić information content (AvgIpc) is 3.10. The van der Waals surface area contributed by atoms with Gasteiger partial charge in [-0.15, -0.1) is 0 Å². The van der Waals surface area contributed by atoms with Gasteiger partial charge in [0.2, 0.25) is 17.7 Å². The number of nitrogens with zero attached hydrogens (tertiary/aromatic N) is 5. The van der Waals surface area contributed by atoms with E-state index in [4.69, 9.17) is 9.47 Å². The van der Waals surface area contributed by atoms with Gasteiger partial charge in [-0.05, 0) is 93.9 Å². The Kier molecular flexibility index (Phi) is 11.5. The molecule has 2 heterocycles. The fourth-order valence-corrected chi connectivity index (χ4v) is 5.59. The Bertz CT molecular complexity index is 1780. The Hall–Kier alpha value is -5.42. The fraction of sp³-hybridized carbons (Fsp3) is 0.316. The number of anilines is 4. The number of ether oxygens (including phenoxy) is 2. The topological polar surface area (TPSA) is 112 Å². The van der Waals surface area contributed by atoms with Crippen LogP contribution in [0.2, 0.25) is 0 Å². The lowest BCUT2D eigenvalue weighted by Gasteiger charge is -2.34. The zero-order valence-electron chi connectivity index (χ0n) is 29.1. The van der Waals surface area contributed by atoms with Crippen molar-refractivity contribution in [1.82, 2.24) is 19.8 Å². The predicted molar refractivity (Wildman–Crippen MR) is 195 cm³/mol. The minimum atomic E-state index is -0.421. The Morgan fingerprint density at radius 2 is 1.63 bits per heavy atom. The monoisotopic (exact) mass is 663 g/mol. The summed E-state index contributed by atoms with van der Waals surface area (Å²) >= 11 is 0. The van der Waals surface area contributed by atoms with Crippen molar-refractivity contribution < 1.29 is 19.1 Å². The molecule has 11 nitrogen and oxygen atoms in total. The highest BCUT2D eigenvalue weighted by molar-refractivity contribution is 6.06. The van der Waals surface area contributed by atoms with E-state index in [9.17, 15) is 9.59 Å². The molecule has 0 radical (unpaired) electrons. The van der Waals surface area contributed by atoms with Gasteiger partial charge in [-0.2, -0.15) is 4.98 Å². The number of hydrogen-bond donors (Lipinski definition) is 2. The summed E-state index contributed by atoms with van der Waals surface area (Å²) in [6.07, 6.45) is 4.70. The molecule has 5 rings (SSSR count). The summed E-state index contributed by atoms with van der Waals surface area (Å²) in [4.78, 5) is 41.9. The molecule has 1 saturated heterocycles. The zero-order valence-corrected chi connectivity index (χ0v) is 29.1. The van der Waals surface area contributed by atoms with Gasteiger partial charge in [-0.1, -0.05) is 24.3 Å². The highest BCUT2D eigenvalue weighted by atomic mass is 16.5. The van der Waals surface area contributed by atoms with E-state index >= 15 is 0 Å². The molecule has 0 bridgehead atoms. The molecule has 1 aliphatic heterocycles. The maximum absolute atomic E-state index is 13.7. The molecule has 0 saturated carbocycles. The SMILES string of the molecule is CCN(CC)C(=O)/C=C/c1ccc(OC)c(Oc2nc(Nc3ccc(N4CCN(C)CC4)cc3)ncc2C(=O)Nc2c(C)cccc2C)c1. The Morgan fingerprint density at radius 3 is 2.29 bits per heavy atom. The second-order valence-electron chi connectivity index (χ2n) is 12.0. The summed E-state index contributed by atoms with van der Waals surface area (Å²) in [5.74, 6) is 0.537. The van der Waals surface area contributed by atoms with E-state index in [0.29, 0.717) is 35.8 Å². The number of methoxy groups -OCH3 is 1. The highest BCUT2D eigenvalue weighted by Gasteiger charge is 2.21. The van der Waals surface area contributed by atoms with Crippen molar-refractivity contribution in [2.24, 2.45) is 0 Å². The van der Waals surface area contributed by atoms with Gasteiger partial charge in [0.1, 0.15) is 5.56 Å². The first-order valence-corrected chi connectivity index (χ1v) is 16.6. The lowest BCUT2D eigenvalue weighted by Crippen LogP contribution is -2.44. The summed E-state index contributed by atoms with van der Waals surface area (Å²) in [5.41, 5.74) is 5.36. The third kappa shape index (κ3) is 8.74. The van der Waals surface area contributed by atoms with E-state index in [1.54, 1.807) is 23.1 Å². The second-order valence-corrected chi connectivity index (χ2v) is 12.0. The quantitative estimate of drug-likeness (QED) is 0.164. The van der Waals surface area contributed by atoms with Gasteiger partial charge in [0.15, 0.2) is 11.5 Å². The number of piperazine rings is 1. The molecule has 2 N–H and O–H groups in total. The van der Waals surface area contributed by atoms with Crippen LogP contribution in [0.15, 0.2) is 72.9 Å². The number of aryl methyl sites for hydroxylation is 2. The van der Waals surface area contributed by atoms with E-state index in [1.165, 1.54) is 19.4 Å². The Labute approximate surface area is 288 Å². The molecular weight excluding hydrogens is 618 g/mol. The summed E-state index contributed by atoms with van der Waals surface area (Å²) in [6.45, 7) is 13.0. The van der Waals surface area contributed by atoms with E-state index in [0.717, 1.165) is 48.7 Å². The Balaban J connectivity index is 1.45. The first-order chi connectivity index (χ1) is 23.7.